The lowest BCUT2D eigenvalue weighted by molar-refractivity contribution is -0.143. The maximum absolute atomic E-state index is 12.3. The Morgan fingerprint density at radius 2 is 2.10 bits per heavy atom. The highest BCUT2D eigenvalue weighted by Crippen LogP contribution is 2.16. The highest BCUT2D eigenvalue weighted by atomic mass is 16.5. The van der Waals surface area contributed by atoms with E-state index in [2.05, 4.69) is 10.2 Å². The van der Waals surface area contributed by atoms with E-state index in [9.17, 15) is 9.59 Å². The van der Waals surface area contributed by atoms with Crippen molar-refractivity contribution in [2.45, 2.75) is 13.3 Å². The molecule has 2 rings (SSSR count). The molecule has 0 aliphatic carbocycles. The largest absolute Gasteiger partial charge is 0.466 e. The molecule has 0 fully saturated rings. The topological polar surface area (TPSA) is 75.3 Å². The van der Waals surface area contributed by atoms with Gasteiger partial charge in [-0.1, -0.05) is 18.2 Å². The Morgan fingerprint density at radius 1 is 1.35 bits per heavy atom. The van der Waals surface area contributed by atoms with Crippen molar-refractivity contribution >= 4 is 22.8 Å². The first-order valence-corrected chi connectivity index (χ1v) is 6.47. The Hall–Kier alpha value is -2.37. The van der Waals surface area contributed by atoms with Crippen LogP contribution in [0, 0.1) is 0 Å². The van der Waals surface area contributed by atoms with Gasteiger partial charge in [-0.25, -0.2) is 0 Å². The number of aromatic nitrogens is 2. The van der Waals surface area contributed by atoms with Crippen molar-refractivity contribution in [1.82, 2.24) is 15.1 Å². The average molecular weight is 275 g/mol. The first-order chi connectivity index (χ1) is 9.63. The number of H-pyrrole nitrogens is 1. The smallest absolute Gasteiger partial charge is 0.307 e. The van der Waals surface area contributed by atoms with Crippen LogP contribution in [0.2, 0.25) is 0 Å². The lowest BCUT2D eigenvalue weighted by Gasteiger charge is -2.15. The number of nitrogens with zero attached hydrogens (tertiary/aromatic N) is 2. The van der Waals surface area contributed by atoms with E-state index >= 15 is 0 Å². The fourth-order valence-electron chi connectivity index (χ4n) is 1.90. The Morgan fingerprint density at radius 3 is 2.85 bits per heavy atom. The number of aromatic amines is 1. The predicted octanol–water partition coefficient (Wildman–Crippen LogP) is 1.59. The second-order valence-corrected chi connectivity index (χ2v) is 4.40. The number of amides is 1. The zero-order valence-corrected chi connectivity index (χ0v) is 11.5. The minimum Gasteiger partial charge on any atom is -0.466 e. The van der Waals surface area contributed by atoms with Crippen molar-refractivity contribution in [2.75, 3.05) is 20.2 Å². The third-order valence-electron chi connectivity index (χ3n) is 2.98. The lowest BCUT2D eigenvalue weighted by atomic mass is 10.2. The van der Waals surface area contributed by atoms with Crippen molar-refractivity contribution in [3.63, 3.8) is 0 Å². The Balaban J connectivity index is 2.05. The molecule has 6 nitrogen and oxygen atoms in total. The summed E-state index contributed by atoms with van der Waals surface area (Å²) < 4.78 is 4.83. The molecule has 1 amide bonds. The van der Waals surface area contributed by atoms with E-state index in [-0.39, 0.29) is 18.3 Å². The van der Waals surface area contributed by atoms with Gasteiger partial charge in [0.05, 0.1) is 18.5 Å². The van der Waals surface area contributed by atoms with Crippen LogP contribution in [0.4, 0.5) is 0 Å². The zero-order chi connectivity index (χ0) is 14.5. The number of benzene rings is 1. The van der Waals surface area contributed by atoms with Crippen LogP contribution in [-0.2, 0) is 9.53 Å². The van der Waals surface area contributed by atoms with Crippen LogP contribution in [0.25, 0.3) is 10.9 Å². The number of carbonyl (C=O) groups excluding carboxylic acids is 2. The van der Waals surface area contributed by atoms with Gasteiger partial charge in [0.2, 0.25) is 0 Å². The van der Waals surface area contributed by atoms with Gasteiger partial charge in [0, 0.05) is 19.0 Å². The molecule has 106 valence electrons. The number of hydrogen-bond donors (Lipinski definition) is 1. The van der Waals surface area contributed by atoms with Gasteiger partial charge < -0.3 is 9.64 Å². The molecule has 0 bridgehead atoms. The molecule has 0 aliphatic rings. The van der Waals surface area contributed by atoms with Gasteiger partial charge >= 0.3 is 5.97 Å². The number of esters is 1. The highest BCUT2D eigenvalue weighted by Gasteiger charge is 2.18. The molecule has 0 radical (unpaired) electrons. The van der Waals surface area contributed by atoms with Gasteiger partial charge in [-0.05, 0) is 13.0 Å². The lowest BCUT2D eigenvalue weighted by Crippen LogP contribution is -2.29. The number of carbonyl (C=O) groups is 2. The maximum Gasteiger partial charge on any atom is 0.307 e. The Kier molecular flexibility index (Phi) is 4.34. The van der Waals surface area contributed by atoms with Crippen molar-refractivity contribution in [3.05, 3.63) is 30.0 Å². The summed E-state index contributed by atoms with van der Waals surface area (Å²) in [5, 5.41) is 7.65. The molecule has 0 saturated carbocycles. The van der Waals surface area contributed by atoms with Gasteiger partial charge in [0.25, 0.3) is 5.91 Å². The van der Waals surface area contributed by atoms with Crippen molar-refractivity contribution in [3.8, 4) is 0 Å². The molecule has 20 heavy (non-hydrogen) atoms. The van der Waals surface area contributed by atoms with Gasteiger partial charge in [-0.15, -0.1) is 0 Å². The molecule has 1 aromatic heterocycles. The number of hydrogen-bond acceptors (Lipinski definition) is 4. The van der Waals surface area contributed by atoms with E-state index in [1.54, 1.807) is 14.0 Å². The summed E-state index contributed by atoms with van der Waals surface area (Å²) in [7, 11) is 1.64. The van der Waals surface area contributed by atoms with Crippen molar-refractivity contribution < 1.29 is 14.3 Å². The summed E-state index contributed by atoms with van der Waals surface area (Å²) in [5.41, 5.74) is 1.18. The van der Waals surface area contributed by atoms with E-state index in [4.69, 9.17) is 4.74 Å². The van der Waals surface area contributed by atoms with Crippen LogP contribution in [0.3, 0.4) is 0 Å². The van der Waals surface area contributed by atoms with Gasteiger partial charge in [-0.3, -0.25) is 14.7 Å². The van der Waals surface area contributed by atoms with E-state index < -0.39 is 0 Å². The monoisotopic (exact) mass is 275 g/mol. The van der Waals surface area contributed by atoms with Crippen LogP contribution >= 0.6 is 0 Å². The molecule has 1 aromatic carbocycles. The second-order valence-electron chi connectivity index (χ2n) is 4.40. The molecule has 6 heteroatoms. The number of para-hydroxylation sites is 1. The fraction of sp³-hybridized carbons (Fsp3) is 0.357. The summed E-state index contributed by atoms with van der Waals surface area (Å²) >= 11 is 0. The molecule has 1 heterocycles. The first-order valence-electron chi connectivity index (χ1n) is 6.47. The van der Waals surface area contributed by atoms with E-state index in [1.165, 1.54) is 4.90 Å². The van der Waals surface area contributed by atoms with Gasteiger partial charge in [-0.2, -0.15) is 5.10 Å². The molecule has 1 N–H and O–H groups in total. The van der Waals surface area contributed by atoms with E-state index in [0.717, 1.165) is 10.9 Å². The standard InChI is InChI=1S/C14H17N3O3/c1-3-20-12(18)8-9-17(2)14(19)13-10-6-4-5-7-11(10)15-16-13/h4-7H,3,8-9H2,1-2H3,(H,15,16). The van der Waals surface area contributed by atoms with Crippen LogP contribution in [0.15, 0.2) is 24.3 Å². The molecule has 2 aromatic rings. The normalized spacial score (nSPS) is 10.5. The summed E-state index contributed by atoms with van der Waals surface area (Å²) in [5.74, 6) is -0.522. The molecule has 0 aliphatic heterocycles. The van der Waals surface area contributed by atoms with E-state index in [0.29, 0.717) is 18.8 Å². The molecule has 0 unspecified atom stereocenters. The fourth-order valence-corrected chi connectivity index (χ4v) is 1.90. The minimum absolute atomic E-state index is 0.179. The SMILES string of the molecule is CCOC(=O)CCN(C)C(=O)c1n[nH]c2ccccc12. The third-order valence-corrected chi connectivity index (χ3v) is 2.98. The number of ether oxygens (including phenoxy) is 1. The summed E-state index contributed by atoms with van der Waals surface area (Å²) in [6.45, 7) is 2.40. The highest BCUT2D eigenvalue weighted by molar-refractivity contribution is 6.04. The van der Waals surface area contributed by atoms with Crippen LogP contribution in [0.5, 0.6) is 0 Å². The zero-order valence-electron chi connectivity index (χ0n) is 11.5. The maximum atomic E-state index is 12.3. The number of nitrogens with one attached hydrogen (secondary N) is 1. The predicted molar refractivity (Wildman–Crippen MR) is 74.3 cm³/mol. The number of fused-ring (bicyclic) bond motifs is 1. The Labute approximate surface area is 116 Å². The first kappa shape index (κ1) is 14.0. The second kappa shape index (κ2) is 6.18. The molecule has 0 spiro atoms. The summed E-state index contributed by atoms with van der Waals surface area (Å²) in [6, 6.07) is 7.43. The molecular weight excluding hydrogens is 258 g/mol. The van der Waals surface area contributed by atoms with Gasteiger partial charge in [0.1, 0.15) is 0 Å². The van der Waals surface area contributed by atoms with Crippen molar-refractivity contribution in [1.29, 1.82) is 0 Å². The third kappa shape index (κ3) is 2.96. The van der Waals surface area contributed by atoms with Crippen LogP contribution in [0.1, 0.15) is 23.8 Å². The van der Waals surface area contributed by atoms with Gasteiger partial charge in [0.15, 0.2) is 5.69 Å². The Bertz CT molecular complexity index is 621. The molecular formula is C14H17N3O3. The quantitative estimate of drug-likeness (QED) is 0.841. The van der Waals surface area contributed by atoms with Crippen molar-refractivity contribution in [2.24, 2.45) is 0 Å². The average Bonchev–Trinajstić information content (AvgIpc) is 2.88. The molecule has 0 atom stereocenters. The summed E-state index contributed by atoms with van der Waals surface area (Å²) in [4.78, 5) is 25.0. The van der Waals surface area contributed by atoms with Crippen LogP contribution in [-0.4, -0.2) is 47.2 Å². The molecule has 0 saturated heterocycles. The minimum atomic E-state index is -0.306. The van der Waals surface area contributed by atoms with Crippen LogP contribution < -0.4 is 0 Å². The number of rotatable bonds is 5. The van der Waals surface area contributed by atoms with E-state index in [1.807, 2.05) is 24.3 Å². The summed E-state index contributed by atoms with van der Waals surface area (Å²) in [6.07, 6.45) is 0.179.